The van der Waals surface area contributed by atoms with Crippen molar-refractivity contribution < 1.29 is 22.7 Å². The lowest BCUT2D eigenvalue weighted by atomic mass is 10.1. The van der Waals surface area contributed by atoms with E-state index in [9.17, 15) is 18.0 Å². The Morgan fingerprint density at radius 1 is 0.824 bits per heavy atom. The van der Waals surface area contributed by atoms with E-state index < -0.39 is 16.1 Å². The fraction of sp³-hybridized carbons (Fsp3) is 0.440. The standard InChI is InChI=1S/C25H29N3O5S/c29-24(19-10-12-20(13-11-19)34(31,32)27-16-6-7-17-27)28-18-23(25(30)26-14-4-1-5-15-26)33-22-9-3-2-8-21(22)28/h2-3,8-13,23H,1,4-7,14-18H2. The van der Waals surface area contributed by atoms with Crippen LogP contribution in [0.25, 0.3) is 0 Å². The molecule has 2 fully saturated rings. The summed E-state index contributed by atoms with van der Waals surface area (Å²) < 4.78 is 33.1. The molecule has 0 N–H and O–H groups in total. The summed E-state index contributed by atoms with van der Waals surface area (Å²) in [6, 6.07) is 13.3. The first-order chi connectivity index (χ1) is 16.4. The van der Waals surface area contributed by atoms with Crippen molar-refractivity contribution in [1.82, 2.24) is 9.21 Å². The molecule has 2 aromatic rings. The highest BCUT2D eigenvalue weighted by Crippen LogP contribution is 2.35. The molecule has 0 radical (unpaired) electrons. The maximum atomic E-state index is 13.5. The van der Waals surface area contributed by atoms with E-state index in [1.165, 1.54) is 16.4 Å². The fourth-order valence-corrected chi connectivity index (χ4v) is 6.39. The Balaban J connectivity index is 1.39. The summed E-state index contributed by atoms with van der Waals surface area (Å²) in [5.41, 5.74) is 0.963. The van der Waals surface area contributed by atoms with Gasteiger partial charge in [0.15, 0.2) is 6.10 Å². The molecule has 180 valence electrons. The number of anilines is 1. The molecule has 0 aromatic heterocycles. The van der Waals surface area contributed by atoms with Crippen molar-refractivity contribution in [3.8, 4) is 5.75 Å². The maximum Gasteiger partial charge on any atom is 0.265 e. The summed E-state index contributed by atoms with van der Waals surface area (Å²) in [6.07, 6.45) is 4.03. The largest absolute Gasteiger partial charge is 0.476 e. The molecule has 34 heavy (non-hydrogen) atoms. The number of ether oxygens (including phenoxy) is 1. The van der Waals surface area contributed by atoms with Crippen LogP contribution < -0.4 is 9.64 Å². The number of rotatable bonds is 4. The predicted octanol–water partition coefficient (Wildman–Crippen LogP) is 2.89. The van der Waals surface area contributed by atoms with Crippen molar-refractivity contribution in [3.05, 3.63) is 54.1 Å². The number of nitrogens with zero attached hydrogens (tertiary/aromatic N) is 3. The second-order valence-electron chi connectivity index (χ2n) is 9.01. The quantitative estimate of drug-likeness (QED) is 0.667. The Morgan fingerprint density at radius 3 is 2.18 bits per heavy atom. The lowest BCUT2D eigenvalue weighted by molar-refractivity contribution is -0.139. The lowest BCUT2D eigenvalue weighted by Gasteiger charge is -2.37. The Kier molecular flexibility index (Phi) is 6.31. The topological polar surface area (TPSA) is 87.2 Å². The average molecular weight is 484 g/mol. The summed E-state index contributed by atoms with van der Waals surface area (Å²) >= 11 is 0. The van der Waals surface area contributed by atoms with Crippen LogP contribution >= 0.6 is 0 Å². The molecule has 0 bridgehead atoms. The van der Waals surface area contributed by atoms with Crippen LogP contribution in [-0.2, 0) is 14.8 Å². The second kappa shape index (κ2) is 9.38. The van der Waals surface area contributed by atoms with Gasteiger partial charge in [-0.05, 0) is 68.5 Å². The van der Waals surface area contributed by atoms with Crippen molar-refractivity contribution in [2.24, 2.45) is 0 Å². The zero-order valence-electron chi connectivity index (χ0n) is 19.1. The van der Waals surface area contributed by atoms with Crippen molar-refractivity contribution in [1.29, 1.82) is 0 Å². The third-order valence-electron chi connectivity index (χ3n) is 6.77. The number of likely N-dealkylation sites (tertiary alicyclic amines) is 1. The van der Waals surface area contributed by atoms with E-state index in [1.807, 2.05) is 17.0 Å². The van der Waals surface area contributed by atoms with Gasteiger partial charge in [0.05, 0.1) is 17.1 Å². The van der Waals surface area contributed by atoms with Crippen molar-refractivity contribution in [2.75, 3.05) is 37.6 Å². The summed E-state index contributed by atoms with van der Waals surface area (Å²) in [4.78, 5) is 30.2. The van der Waals surface area contributed by atoms with E-state index >= 15 is 0 Å². The van der Waals surface area contributed by atoms with Gasteiger partial charge < -0.3 is 14.5 Å². The molecule has 8 nitrogen and oxygen atoms in total. The third kappa shape index (κ3) is 4.30. The minimum Gasteiger partial charge on any atom is -0.476 e. The summed E-state index contributed by atoms with van der Waals surface area (Å²) in [6.45, 7) is 2.58. The zero-order valence-corrected chi connectivity index (χ0v) is 19.9. The van der Waals surface area contributed by atoms with Gasteiger partial charge in [0.1, 0.15) is 5.75 Å². The van der Waals surface area contributed by atoms with Gasteiger partial charge in [-0.25, -0.2) is 8.42 Å². The third-order valence-corrected chi connectivity index (χ3v) is 8.68. The highest BCUT2D eigenvalue weighted by Gasteiger charge is 2.37. The number of amides is 2. The van der Waals surface area contributed by atoms with Crippen LogP contribution in [-0.4, -0.2) is 68.3 Å². The van der Waals surface area contributed by atoms with Crippen LogP contribution in [0, 0.1) is 0 Å². The lowest BCUT2D eigenvalue weighted by Crippen LogP contribution is -2.52. The SMILES string of the molecule is O=C(C1CN(C(=O)c2ccc(S(=O)(=O)N3CCCC3)cc2)c2ccccc2O1)N1CCCCC1. The first-order valence-corrected chi connectivity index (χ1v) is 13.4. The number of benzene rings is 2. The van der Waals surface area contributed by atoms with Crippen LogP contribution in [0.4, 0.5) is 5.69 Å². The fourth-order valence-electron chi connectivity index (χ4n) is 4.88. The van der Waals surface area contributed by atoms with Crippen LogP contribution in [0.3, 0.4) is 0 Å². The Labute approximate surface area is 200 Å². The normalized spacial score (nSPS) is 21.1. The minimum absolute atomic E-state index is 0.0981. The molecular formula is C25H29N3O5S. The van der Waals surface area contributed by atoms with Gasteiger partial charge >= 0.3 is 0 Å². The number of para-hydroxylation sites is 2. The van der Waals surface area contributed by atoms with E-state index in [4.69, 9.17) is 4.74 Å². The summed E-state index contributed by atoms with van der Waals surface area (Å²) in [7, 11) is -3.55. The van der Waals surface area contributed by atoms with Crippen molar-refractivity contribution >= 4 is 27.5 Å². The number of hydrogen-bond donors (Lipinski definition) is 0. The van der Waals surface area contributed by atoms with Crippen molar-refractivity contribution in [3.63, 3.8) is 0 Å². The molecule has 1 unspecified atom stereocenters. The smallest absolute Gasteiger partial charge is 0.265 e. The summed E-state index contributed by atoms with van der Waals surface area (Å²) in [5.74, 6) is 0.0991. The number of piperidine rings is 1. The molecule has 3 heterocycles. The molecule has 9 heteroatoms. The molecular weight excluding hydrogens is 454 g/mol. The molecule has 2 amide bonds. The summed E-state index contributed by atoms with van der Waals surface area (Å²) in [5, 5.41) is 0. The van der Waals surface area contributed by atoms with Gasteiger partial charge in [0, 0.05) is 31.7 Å². The van der Waals surface area contributed by atoms with Gasteiger partial charge in [0.2, 0.25) is 10.0 Å². The van der Waals surface area contributed by atoms with Crippen molar-refractivity contribution in [2.45, 2.75) is 43.1 Å². The number of hydrogen-bond acceptors (Lipinski definition) is 5. The van der Waals surface area contributed by atoms with Gasteiger partial charge in [-0.2, -0.15) is 4.31 Å². The van der Waals surface area contributed by atoms with Crippen LogP contribution in [0.1, 0.15) is 42.5 Å². The highest BCUT2D eigenvalue weighted by atomic mass is 32.2. The van der Waals surface area contributed by atoms with E-state index in [1.54, 1.807) is 29.2 Å². The molecule has 1 atom stereocenters. The number of sulfonamides is 1. The first kappa shape index (κ1) is 22.9. The van der Waals surface area contributed by atoms with E-state index in [2.05, 4.69) is 0 Å². The second-order valence-corrected chi connectivity index (χ2v) is 10.9. The van der Waals surface area contributed by atoms with Gasteiger partial charge in [0.25, 0.3) is 11.8 Å². The van der Waals surface area contributed by atoms with Crippen LogP contribution in [0.2, 0.25) is 0 Å². The molecule has 0 saturated carbocycles. The molecule has 0 spiro atoms. The minimum atomic E-state index is -3.55. The van der Waals surface area contributed by atoms with E-state index in [-0.39, 0.29) is 23.3 Å². The maximum absolute atomic E-state index is 13.5. The van der Waals surface area contributed by atoms with E-state index in [0.29, 0.717) is 43.2 Å². The molecule has 3 aliphatic heterocycles. The van der Waals surface area contributed by atoms with Gasteiger partial charge in [-0.3, -0.25) is 9.59 Å². The molecule has 2 aromatic carbocycles. The average Bonchev–Trinajstić information content (AvgIpc) is 3.44. The molecule has 3 aliphatic rings. The number of fused-ring (bicyclic) bond motifs is 1. The monoisotopic (exact) mass is 483 g/mol. The van der Waals surface area contributed by atoms with E-state index in [0.717, 1.165) is 32.1 Å². The molecule has 0 aliphatic carbocycles. The molecule has 5 rings (SSSR count). The Bertz CT molecular complexity index is 1170. The number of carbonyl (C=O) groups excluding carboxylic acids is 2. The van der Waals surface area contributed by atoms with Gasteiger partial charge in [-0.15, -0.1) is 0 Å². The molecule has 2 saturated heterocycles. The first-order valence-electron chi connectivity index (χ1n) is 11.9. The van der Waals surface area contributed by atoms with Crippen LogP contribution in [0.15, 0.2) is 53.4 Å². The zero-order chi connectivity index (χ0) is 23.7. The van der Waals surface area contributed by atoms with Gasteiger partial charge in [-0.1, -0.05) is 12.1 Å². The Morgan fingerprint density at radius 2 is 1.47 bits per heavy atom. The number of carbonyl (C=O) groups is 2. The Hall–Kier alpha value is -2.91. The van der Waals surface area contributed by atoms with Crippen LogP contribution in [0.5, 0.6) is 5.75 Å². The highest BCUT2D eigenvalue weighted by molar-refractivity contribution is 7.89. The predicted molar refractivity (Wildman–Crippen MR) is 127 cm³/mol.